The number of amides is 2. The Morgan fingerprint density at radius 2 is 1.96 bits per heavy atom. The van der Waals surface area contributed by atoms with Crippen LogP contribution in [0.1, 0.15) is 45.4 Å². The van der Waals surface area contributed by atoms with Crippen LogP contribution in [0.4, 0.5) is 0 Å². The van der Waals surface area contributed by atoms with Crippen molar-refractivity contribution in [3.8, 4) is 0 Å². The molecule has 142 valence electrons. The van der Waals surface area contributed by atoms with E-state index in [2.05, 4.69) is 12.2 Å². The first-order valence-electron chi connectivity index (χ1n) is 9.51. The Bertz CT molecular complexity index is 738. The minimum absolute atomic E-state index is 0.0613. The average Bonchev–Trinajstić information content (AvgIpc) is 3.00. The first-order valence-corrected chi connectivity index (χ1v) is 9.51. The van der Waals surface area contributed by atoms with E-state index in [-0.39, 0.29) is 11.8 Å². The third kappa shape index (κ3) is 5.31. The highest BCUT2D eigenvalue weighted by Crippen LogP contribution is 2.17. The lowest BCUT2D eigenvalue weighted by molar-refractivity contribution is -0.130. The maximum absolute atomic E-state index is 12.6. The molecule has 0 bridgehead atoms. The van der Waals surface area contributed by atoms with Gasteiger partial charge in [0.25, 0.3) is 0 Å². The number of unbranched alkanes of at least 4 members (excludes halogenated alkanes) is 1. The molecule has 1 N–H and O–H groups in total. The number of para-hydroxylation sites is 2. The molecule has 0 radical (unpaired) electrons. The van der Waals surface area contributed by atoms with E-state index in [0.717, 1.165) is 49.1 Å². The minimum Gasteiger partial charge on any atom is -0.356 e. The summed E-state index contributed by atoms with van der Waals surface area (Å²) in [6.45, 7) is 5.67. The Labute approximate surface area is 155 Å². The van der Waals surface area contributed by atoms with Crippen LogP contribution < -0.4 is 5.32 Å². The molecule has 1 heterocycles. The smallest absolute Gasteiger partial charge is 0.242 e. The van der Waals surface area contributed by atoms with Crippen molar-refractivity contribution in [3.63, 3.8) is 0 Å². The monoisotopic (exact) mass is 358 g/mol. The van der Waals surface area contributed by atoms with E-state index >= 15 is 0 Å². The topological polar surface area (TPSA) is 67.2 Å². The summed E-state index contributed by atoms with van der Waals surface area (Å²) in [5, 5.41) is 2.89. The SMILES string of the molecule is CCCCN(C)C(=O)Cn1c(CCCNC(=O)CC)nc2ccccc21. The predicted octanol–water partition coefficient (Wildman–Crippen LogP) is 2.75. The normalized spacial score (nSPS) is 10.9. The van der Waals surface area contributed by atoms with E-state index in [9.17, 15) is 9.59 Å². The zero-order chi connectivity index (χ0) is 18.9. The molecule has 6 nitrogen and oxygen atoms in total. The molecule has 26 heavy (non-hydrogen) atoms. The molecule has 0 saturated heterocycles. The summed E-state index contributed by atoms with van der Waals surface area (Å²) in [7, 11) is 1.86. The Kier molecular flexibility index (Phi) is 7.63. The molecule has 0 spiro atoms. The van der Waals surface area contributed by atoms with E-state index in [0.29, 0.717) is 19.5 Å². The van der Waals surface area contributed by atoms with Crippen molar-refractivity contribution in [2.45, 2.75) is 52.5 Å². The number of imidazole rings is 1. The van der Waals surface area contributed by atoms with Crippen LogP contribution in [0.2, 0.25) is 0 Å². The summed E-state index contributed by atoms with van der Waals surface area (Å²) < 4.78 is 2.02. The van der Waals surface area contributed by atoms with Crippen molar-refractivity contribution >= 4 is 22.8 Å². The van der Waals surface area contributed by atoms with Crippen LogP contribution >= 0.6 is 0 Å². The van der Waals surface area contributed by atoms with Gasteiger partial charge in [0.05, 0.1) is 11.0 Å². The number of rotatable bonds is 10. The molecule has 1 aromatic heterocycles. The third-order valence-corrected chi connectivity index (χ3v) is 4.52. The van der Waals surface area contributed by atoms with Crippen LogP contribution in [0.5, 0.6) is 0 Å². The van der Waals surface area contributed by atoms with E-state index in [1.54, 1.807) is 4.90 Å². The first kappa shape index (κ1) is 19.9. The molecule has 0 fully saturated rings. The highest BCUT2D eigenvalue weighted by Gasteiger charge is 2.15. The number of benzene rings is 1. The molecule has 2 amide bonds. The van der Waals surface area contributed by atoms with Gasteiger partial charge in [-0.1, -0.05) is 32.4 Å². The summed E-state index contributed by atoms with van der Waals surface area (Å²) in [6.07, 6.45) is 4.11. The number of nitrogens with zero attached hydrogens (tertiary/aromatic N) is 3. The van der Waals surface area contributed by atoms with Gasteiger partial charge in [-0.05, 0) is 25.0 Å². The summed E-state index contributed by atoms with van der Waals surface area (Å²) in [4.78, 5) is 30.4. The standard InChI is InChI=1S/C20H30N4O2/c1-4-6-14-23(3)20(26)15-24-17-11-8-7-10-16(17)22-18(24)12-9-13-21-19(25)5-2/h7-8,10-11H,4-6,9,12-15H2,1-3H3,(H,21,25). The number of carbonyl (C=O) groups excluding carboxylic acids is 2. The molecule has 2 aromatic rings. The van der Waals surface area contributed by atoms with Gasteiger partial charge in [0.15, 0.2) is 0 Å². The number of nitrogens with one attached hydrogen (secondary N) is 1. The van der Waals surface area contributed by atoms with Gasteiger partial charge < -0.3 is 14.8 Å². The second-order valence-corrected chi connectivity index (χ2v) is 6.58. The van der Waals surface area contributed by atoms with Gasteiger partial charge in [0, 0.05) is 33.0 Å². The van der Waals surface area contributed by atoms with Crippen molar-refractivity contribution < 1.29 is 9.59 Å². The zero-order valence-corrected chi connectivity index (χ0v) is 16.1. The van der Waals surface area contributed by atoms with Crippen LogP contribution in [0.25, 0.3) is 11.0 Å². The van der Waals surface area contributed by atoms with Crippen LogP contribution in [0.15, 0.2) is 24.3 Å². The Morgan fingerprint density at radius 1 is 1.19 bits per heavy atom. The Hall–Kier alpha value is -2.37. The highest BCUT2D eigenvalue weighted by molar-refractivity contribution is 5.81. The Balaban J connectivity index is 2.10. The van der Waals surface area contributed by atoms with Gasteiger partial charge in [-0.15, -0.1) is 0 Å². The molecule has 1 aromatic carbocycles. The number of aryl methyl sites for hydroxylation is 1. The van der Waals surface area contributed by atoms with Crippen molar-refractivity contribution in [3.05, 3.63) is 30.1 Å². The van der Waals surface area contributed by atoms with Crippen LogP contribution in [0.3, 0.4) is 0 Å². The minimum atomic E-state index is 0.0613. The second kappa shape index (κ2) is 9.94. The van der Waals surface area contributed by atoms with E-state index in [4.69, 9.17) is 4.98 Å². The van der Waals surface area contributed by atoms with Crippen molar-refractivity contribution in [1.29, 1.82) is 0 Å². The molecule has 2 rings (SSSR count). The van der Waals surface area contributed by atoms with Crippen molar-refractivity contribution in [2.24, 2.45) is 0 Å². The lowest BCUT2D eigenvalue weighted by atomic mass is 10.2. The molecule has 6 heteroatoms. The first-order chi connectivity index (χ1) is 12.6. The van der Waals surface area contributed by atoms with Gasteiger partial charge in [-0.3, -0.25) is 9.59 Å². The lowest BCUT2D eigenvalue weighted by Gasteiger charge is -2.18. The molecular formula is C20H30N4O2. The molecule has 0 aliphatic rings. The van der Waals surface area contributed by atoms with E-state index in [1.165, 1.54) is 0 Å². The summed E-state index contributed by atoms with van der Waals surface area (Å²) >= 11 is 0. The van der Waals surface area contributed by atoms with Gasteiger partial charge in [-0.25, -0.2) is 4.98 Å². The fourth-order valence-corrected chi connectivity index (χ4v) is 2.87. The lowest BCUT2D eigenvalue weighted by Crippen LogP contribution is -2.31. The molecule has 0 atom stereocenters. The summed E-state index contributed by atoms with van der Waals surface area (Å²) in [6, 6.07) is 7.90. The number of aromatic nitrogens is 2. The number of hydrogen-bond donors (Lipinski definition) is 1. The van der Waals surface area contributed by atoms with Gasteiger partial charge in [-0.2, -0.15) is 0 Å². The number of hydrogen-bond acceptors (Lipinski definition) is 3. The van der Waals surface area contributed by atoms with E-state index in [1.807, 2.05) is 42.8 Å². The van der Waals surface area contributed by atoms with Crippen molar-refractivity contribution in [2.75, 3.05) is 20.1 Å². The Morgan fingerprint density at radius 3 is 2.69 bits per heavy atom. The number of likely N-dealkylation sites (N-methyl/N-ethyl adjacent to an activating group) is 1. The molecule has 0 aliphatic carbocycles. The van der Waals surface area contributed by atoms with Crippen LogP contribution in [-0.4, -0.2) is 46.4 Å². The average molecular weight is 358 g/mol. The second-order valence-electron chi connectivity index (χ2n) is 6.58. The fraction of sp³-hybridized carbons (Fsp3) is 0.550. The predicted molar refractivity (Wildman–Crippen MR) is 104 cm³/mol. The highest BCUT2D eigenvalue weighted by atomic mass is 16.2. The quantitative estimate of drug-likeness (QED) is 0.664. The third-order valence-electron chi connectivity index (χ3n) is 4.52. The molecular weight excluding hydrogens is 328 g/mol. The molecule has 0 unspecified atom stereocenters. The van der Waals surface area contributed by atoms with E-state index < -0.39 is 0 Å². The zero-order valence-electron chi connectivity index (χ0n) is 16.1. The maximum Gasteiger partial charge on any atom is 0.242 e. The number of fused-ring (bicyclic) bond motifs is 1. The van der Waals surface area contributed by atoms with Crippen LogP contribution in [0, 0.1) is 0 Å². The molecule has 0 saturated carbocycles. The number of carbonyl (C=O) groups is 2. The molecule has 0 aliphatic heterocycles. The fourth-order valence-electron chi connectivity index (χ4n) is 2.87. The maximum atomic E-state index is 12.6. The van der Waals surface area contributed by atoms with Gasteiger partial charge in [0.1, 0.15) is 12.4 Å². The van der Waals surface area contributed by atoms with Gasteiger partial charge in [0.2, 0.25) is 11.8 Å². The van der Waals surface area contributed by atoms with Crippen LogP contribution in [-0.2, 0) is 22.6 Å². The largest absolute Gasteiger partial charge is 0.356 e. The van der Waals surface area contributed by atoms with Crippen molar-refractivity contribution in [1.82, 2.24) is 19.8 Å². The summed E-state index contributed by atoms with van der Waals surface area (Å²) in [5.74, 6) is 1.06. The van der Waals surface area contributed by atoms with Gasteiger partial charge >= 0.3 is 0 Å². The summed E-state index contributed by atoms with van der Waals surface area (Å²) in [5.41, 5.74) is 1.89.